The summed E-state index contributed by atoms with van der Waals surface area (Å²) in [7, 11) is 0. The van der Waals surface area contributed by atoms with Gasteiger partial charge in [-0.05, 0) is 49.1 Å². The van der Waals surface area contributed by atoms with Crippen molar-refractivity contribution in [3.63, 3.8) is 0 Å². The molecule has 0 saturated carbocycles. The van der Waals surface area contributed by atoms with Gasteiger partial charge in [0.2, 0.25) is 0 Å². The highest BCUT2D eigenvalue weighted by atomic mass is 19.1. The zero-order valence-corrected chi connectivity index (χ0v) is 10.7. The normalized spacial score (nSPS) is 12.7. The van der Waals surface area contributed by atoms with E-state index in [-0.39, 0.29) is 11.9 Å². The Morgan fingerprint density at radius 1 is 1.44 bits per heavy atom. The summed E-state index contributed by atoms with van der Waals surface area (Å²) in [6.45, 7) is 4.54. The topological polar surface area (TPSA) is 43.8 Å². The van der Waals surface area contributed by atoms with Crippen molar-refractivity contribution >= 4 is 0 Å². The Labute approximate surface area is 106 Å². The Kier molecular flexibility index (Phi) is 3.77. The molecule has 0 saturated heterocycles. The smallest absolute Gasteiger partial charge is 0.123 e. The first-order valence-corrected chi connectivity index (χ1v) is 6.06. The van der Waals surface area contributed by atoms with E-state index in [0.29, 0.717) is 6.54 Å². The molecule has 4 heteroatoms. The van der Waals surface area contributed by atoms with Crippen molar-refractivity contribution in [2.75, 3.05) is 0 Å². The zero-order valence-electron chi connectivity index (χ0n) is 10.7. The summed E-state index contributed by atoms with van der Waals surface area (Å²) in [6, 6.07) is 4.96. The summed E-state index contributed by atoms with van der Waals surface area (Å²) in [5.41, 5.74) is 8.90. The third-order valence-corrected chi connectivity index (χ3v) is 2.88. The maximum Gasteiger partial charge on any atom is 0.123 e. The standard InChI is InChI=1S/C14H18FN3/c1-10-5-14(15)4-3-13(10)9-18-8-12(7-17-18)6-11(2)16/h3-5,7-8,11H,6,9,16H2,1-2H3. The number of halogens is 1. The van der Waals surface area contributed by atoms with Crippen molar-refractivity contribution < 1.29 is 4.39 Å². The summed E-state index contributed by atoms with van der Waals surface area (Å²) in [4.78, 5) is 0. The van der Waals surface area contributed by atoms with E-state index in [1.165, 1.54) is 6.07 Å². The number of aryl methyl sites for hydroxylation is 1. The van der Waals surface area contributed by atoms with Crippen LogP contribution in [0.15, 0.2) is 30.6 Å². The molecule has 0 spiro atoms. The van der Waals surface area contributed by atoms with Gasteiger partial charge in [0.25, 0.3) is 0 Å². The summed E-state index contributed by atoms with van der Waals surface area (Å²) < 4.78 is 14.9. The number of nitrogens with zero attached hydrogens (tertiary/aromatic N) is 2. The minimum absolute atomic E-state index is 0.134. The van der Waals surface area contributed by atoms with Gasteiger partial charge < -0.3 is 5.73 Å². The van der Waals surface area contributed by atoms with E-state index in [4.69, 9.17) is 5.73 Å². The molecule has 0 aliphatic heterocycles. The second-order valence-corrected chi connectivity index (χ2v) is 4.80. The Morgan fingerprint density at radius 3 is 2.89 bits per heavy atom. The van der Waals surface area contributed by atoms with Crippen LogP contribution in [-0.4, -0.2) is 15.8 Å². The molecule has 18 heavy (non-hydrogen) atoms. The maximum atomic E-state index is 13.0. The van der Waals surface area contributed by atoms with Gasteiger partial charge in [0, 0.05) is 12.2 Å². The van der Waals surface area contributed by atoms with Crippen LogP contribution in [0, 0.1) is 12.7 Å². The van der Waals surface area contributed by atoms with Crippen molar-refractivity contribution in [1.82, 2.24) is 9.78 Å². The molecule has 96 valence electrons. The molecule has 1 unspecified atom stereocenters. The molecule has 0 radical (unpaired) electrons. The molecule has 0 amide bonds. The molecule has 1 aromatic carbocycles. The van der Waals surface area contributed by atoms with Gasteiger partial charge in [0.1, 0.15) is 5.82 Å². The van der Waals surface area contributed by atoms with Crippen LogP contribution in [-0.2, 0) is 13.0 Å². The molecule has 2 aromatic rings. The first kappa shape index (κ1) is 12.8. The largest absolute Gasteiger partial charge is 0.328 e. The molecule has 0 aliphatic carbocycles. The molecule has 0 aliphatic rings. The Morgan fingerprint density at radius 2 is 2.22 bits per heavy atom. The lowest BCUT2D eigenvalue weighted by Crippen LogP contribution is -2.17. The van der Waals surface area contributed by atoms with Crippen LogP contribution in [0.4, 0.5) is 4.39 Å². The lowest BCUT2D eigenvalue weighted by molar-refractivity contribution is 0.622. The highest BCUT2D eigenvalue weighted by Gasteiger charge is 2.04. The first-order chi connectivity index (χ1) is 8.54. The van der Waals surface area contributed by atoms with Crippen LogP contribution in [0.25, 0.3) is 0 Å². The van der Waals surface area contributed by atoms with E-state index in [1.54, 1.807) is 12.1 Å². The molecule has 0 bridgehead atoms. The Balaban J connectivity index is 2.11. The molecule has 2 N–H and O–H groups in total. The predicted octanol–water partition coefficient (Wildman–Crippen LogP) is 2.27. The molecule has 1 heterocycles. The van der Waals surface area contributed by atoms with Gasteiger partial charge in [-0.15, -0.1) is 0 Å². The second kappa shape index (κ2) is 5.31. The highest BCUT2D eigenvalue weighted by molar-refractivity contribution is 5.26. The van der Waals surface area contributed by atoms with E-state index < -0.39 is 0 Å². The maximum absolute atomic E-state index is 13.0. The van der Waals surface area contributed by atoms with Crippen LogP contribution in [0.2, 0.25) is 0 Å². The van der Waals surface area contributed by atoms with Gasteiger partial charge in [-0.1, -0.05) is 6.07 Å². The fraction of sp³-hybridized carbons (Fsp3) is 0.357. The lowest BCUT2D eigenvalue weighted by atomic mass is 10.1. The van der Waals surface area contributed by atoms with Gasteiger partial charge in [-0.25, -0.2) is 4.39 Å². The van der Waals surface area contributed by atoms with Crippen LogP contribution in [0.5, 0.6) is 0 Å². The van der Waals surface area contributed by atoms with Gasteiger partial charge >= 0.3 is 0 Å². The van der Waals surface area contributed by atoms with Crippen molar-refractivity contribution in [2.45, 2.75) is 32.9 Å². The van der Waals surface area contributed by atoms with Gasteiger partial charge in [0.05, 0.1) is 12.7 Å². The van der Waals surface area contributed by atoms with Crippen LogP contribution in [0.3, 0.4) is 0 Å². The highest BCUT2D eigenvalue weighted by Crippen LogP contribution is 2.12. The fourth-order valence-corrected chi connectivity index (χ4v) is 1.98. The second-order valence-electron chi connectivity index (χ2n) is 4.80. The molecule has 0 fully saturated rings. The van der Waals surface area contributed by atoms with Crippen molar-refractivity contribution in [2.24, 2.45) is 5.73 Å². The molecular weight excluding hydrogens is 229 g/mol. The third kappa shape index (κ3) is 3.17. The summed E-state index contributed by atoms with van der Waals surface area (Å²) in [5, 5.41) is 4.30. The zero-order chi connectivity index (χ0) is 13.1. The molecule has 1 aromatic heterocycles. The lowest BCUT2D eigenvalue weighted by Gasteiger charge is -2.06. The number of benzene rings is 1. The summed E-state index contributed by atoms with van der Waals surface area (Å²) in [5.74, 6) is -0.200. The quantitative estimate of drug-likeness (QED) is 0.900. The minimum atomic E-state index is -0.200. The van der Waals surface area contributed by atoms with E-state index in [9.17, 15) is 4.39 Å². The van der Waals surface area contributed by atoms with E-state index in [2.05, 4.69) is 5.10 Å². The predicted molar refractivity (Wildman–Crippen MR) is 69.8 cm³/mol. The SMILES string of the molecule is Cc1cc(F)ccc1Cn1cc(CC(C)N)cn1. The van der Waals surface area contributed by atoms with E-state index >= 15 is 0 Å². The third-order valence-electron chi connectivity index (χ3n) is 2.88. The average Bonchev–Trinajstić information content (AvgIpc) is 2.69. The monoisotopic (exact) mass is 247 g/mol. The average molecular weight is 247 g/mol. The van der Waals surface area contributed by atoms with Crippen molar-refractivity contribution in [3.8, 4) is 0 Å². The summed E-state index contributed by atoms with van der Waals surface area (Å²) in [6.07, 6.45) is 4.65. The molecule has 1 atom stereocenters. The van der Waals surface area contributed by atoms with Gasteiger partial charge in [0.15, 0.2) is 0 Å². The number of nitrogens with two attached hydrogens (primary N) is 1. The first-order valence-electron chi connectivity index (χ1n) is 6.06. The Bertz CT molecular complexity index is 532. The minimum Gasteiger partial charge on any atom is -0.328 e. The van der Waals surface area contributed by atoms with E-state index in [1.807, 2.05) is 30.9 Å². The van der Waals surface area contributed by atoms with Gasteiger partial charge in [-0.3, -0.25) is 4.68 Å². The summed E-state index contributed by atoms with van der Waals surface area (Å²) >= 11 is 0. The molecular formula is C14H18FN3. The molecule has 3 nitrogen and oxygen atoms in total. The number of hydrogen-bond acceptors (Lipinski definition) is 2. The fourth-order valence-electron chi connectivity index (χ4n) is 1.98. The molecule has 2 rings (SSSR count). The van der Waals surface area contributed by atoms with Gasteiger partial charge in [-0.2, -0.15) is 5.10 Å². The van der Waals surface area contributed by atoms with E-state index in [0.717, 1.165) is 23.1 Å². The van der Waals surface area contributed by atoms with Crippen molar-refractivity contribution in [1.29, 1.82) is 0 Å². The van der Waals surface area contributed by atoms with Crippen LogP contribution < -0.4 is 5.73 Å². The number of aromatic nitrogens is 2. The van der Waals surface area contributed by atoms with Crippen LogP contribution >= 0.6 is 0 Å². The van der Waals surface area contributed by atoms with Crippen molar-refractivity contribution in [3.05, 3.63) is 53.1 Å². The Hall–Kier alpha value is -1.68. The van der Waals surface area contributed by atoms with Crippen LogP contribution in [0.1, 0.15) is 23.6 Å². The number of hydrogen-bond donors (Lipinski definition) is 1. The number of rotatable bonds is 4.